The number of hydrogen-bond donors (Lipinski definition) is 1. The van der Waals surface area contributed by atoms with Gasteiger partial charge in [0.05, 0.1) is 0 Å². The van der Waals surface area contributed by atoms with Gasteiger partial charge in [-0.05, 0) is 46.3 Å². The van der Waals surface area contributed by atoms with Gasteiger partial charge in [0.25, 0.3) is 0 Å². The lowest BCUT2D eigenvalue weighted by molar-refractivity contribution is -0.113. The monoisotopic (exact) mass is 284 g/mol. The highest BCUT2D eigenvalue weighted by molar-refractivity contribution is 7.80. The Morgan fingerprint density at radius 1 is 1.05 bits per heavy atom. The average molecular weight is 284 g/mol. The molecule has 0 N–H and O–H groups in total. The Balaban J connectivity index is 2.11. The fourth-order valence-corrected chi connectivity index (χ4v) is 2.72. The maximum Gasteiger partial charge on any atom is 0.167 e. The van der Waals surface area contributed by atoms with Crippen LogP contribution in [-0.4, -0.2) is 5.78 Å². The molecule has 0 aromatic heterocycles. The number of thiol groups is 1. The number of fused-ring (bicyclic) bond motifs is 1. The Morgan fingerprint density at radius 2 is 1.79 bits per heavy atom. The van der Waals surface area contributed by atoms with E-state index < -0.39 is 0 Å². The number of rotatable bonds is 1. The first kappa shape index (κ1) is 12.7. The minimum Gasteiger partial charge on any atom is -0.294 e. The van der Waals surface area contributed by atoms with Crippen molar-refractivity contribution in [2.75, 3.05) is 0 Å². The van der Waals surface area contributed by atoms with E-state index in [2.05, 4.69) is 27.9 Å². The smallest absolute Gasteiger partial charge is 0.167 e. The average Bonchev–Trinajstić information content (AvgIpc) is 2.40. The van der Waals surface area contributed by atoms with E-state index in [0.29, 0.717) is 6.42 Å². The van der Waals surface area contributed by atoms with Crippen LogP contribution in [0.4, 0.5) is 0 Å². The Labute approximate surface area is 120 Å². The number of allylic oxidation sites excluding steroid dienone is 1. The summed E-state index contributed by atoms with van der Waals surface area (Å²) in [5.74, 6) is 0.177. The predicted molar refractivity (Wildman–Crippen MR) is 86.1 cm³/mol. The first-order chi connectivity index (χ1) is 9.13. The van der Waals surface area contributed by atoms with E-state index in [-0.39, 0.29) is 5.78 Å². The van der Waals surface area contributed by atoms with Crippen LogP contribution in [0, 0.1) is 0 Å². The van der Waals surface area contributed by atoms with Gasteiger partial charge in [0.2, 0.25) is 0 Å². The summed E-state index contributed by atoms with van der Waals surface area (Å²) in [6.45, 7) is 0. The van der Waals surface area contributed by atoms with Gasteiger partial charge < -0.3 is 0 Å². The van der Waals surface area contributed by atoms with Gasteiger partial charge in [0.1, 0.15) is 0 Å². The summed E-state index contributed by atoms with van der Waals surface area (Å²) in [5, 5.41) is 1.13. The van der Waals surface area contributed by atoms with Crippen molar-refractivity contribution in [2.24, 2.45) is 0 Å². The van der Waals surface area contributed by atoms with Crippen LogP contribution in [0.3, 0.4) is 0 Å². The maximum absolute atomic E-state index is 12.2. The molecule has 0 amide bonds. The van der Waals surface area contributed by atoms with Crippen molar-refractivity contribution < 1.29 is 4.79 Å². The molecule has 0 aliphatic heterocycles. The number of benzene rings is 2. The van der Waals surface area contributed by atoms with E-state index in [1.54, 1.807) is 0 Å². The summed E-state index contributed by atoms with van der Waals surface area (Å²) >= 11 is 4.27. The van der Waals surface area contributed by atoms with Gasteiger partial charge in [-0.1, -0.05) is 24.3 Å². The first-order valence-corrected chi connectivity index (χ1v) is 7.08. The molecule has 0 radical (unpaired) electrons. The minimum absolute atomic E-state index is 0.177. The molecule has 19 heavy (non-hydrogen) atoms. The van der Waals surface area contributed by atoms with Crippen molar-refractivity contribution in [3.63, 3.8) is 0 Å². The molecule has 0 heterocycles. The van der Waals surface area contributed by atoms with Crippen molar-refractivity contribution in [1.29, 1.82) is 0 Å². The molecule has 1 atom stereocenters. The van der Waals surface area contributed by atoms with Crippen LogP contribution in [0.2, 0.25) is 0 Å². The highest BCUT2D eigenvalue weighted by Crippen LogP contribution is 2.28. The van der Waals surface area contributed by atoms with Gasteiger partial charge in [-0.25, -0.2) is 0 Å². The summed E-state index contributed by atoms with van der Waals surface area (Å²) in [7, 11) is 2.69. The molecule has 3 rings (SSSR count). The third-order valence-corrected chi connectivity index (χ3v) is 3.96. The first-order valence-electron chi connectivity index (χ1n) is 6.06. The van der Waals surface area contributed by atoms with Gasteiger partial charge in [-0.15, -0.1) is 21.9 Å². The Morgan fingerprint density at radius 3 is 2.53 bits per heavy atom. The molecule has 1 nitrogen and oxygen atoms in total. The highest BCUT2D eigenvalue weighted by Gasteiger charge is 2.19. The zero-order valence-corrected chi connectivity index (χ0v) is 12.3. The molecular formula is C16H13OPS. The van der Waals surface area contributed by atoms with E-state index in [9.17, 15) is 4.79 Å². The fraction of sp³-hybridized carbons (Fsp3) is 0.0625. The molecule has 94 valence electrons. The number of carbonyl (C=O) groups excluding carboxylic acids is 1. The summed E-state index contributed by atoms with van der Waals surface area (Å²) in [5.41, 5.74) is 3.99. The SMILES string of the molecule is O=C1Cc2ccc(P)cc2C=C1c1ccc(S)cc1. The van der Waals surface area contributed by atoms with Crippen molar-refractivity contribution in [3.05, 3.63) is 59.2 Å². The molecule has 0 saturated carbocycles. The molecule has 0 bridgehead atoms. The van der Waals surface area contributed by atoms with Crippen LogP contribution in [0.25, 0.3) is 11.6 Å². The molecule has 3 heteroatoms. The van der Waals surface area contributed by atoms with Crippen molar-refractivity contribution >= 4 is 44.6 Å². The maximum atomic E-state index is 12.2. The van der Waals surface area contributed by atoms with Gasteiger partial charge >= 0.3 is 0 Å². The number of carbonyl (C=O) groups is 1. The second-order valence-corrected chi connectivity index (χ2v) is 5.85. The molecule has 1 aliphatic carbocycles. The van der Waals surface area contributed by atoms with E-state index >= 15 is 0 Å². The number of hydrogen-bond acceptors (Lipinski definition) is 2. The summed E-state index contributed by atoms with van der Waals surface area (Å²) < 4.78 is 0. The van der Waals surface area contributed by atoms with Crippen LogP contribution >= 0.6 is 21.9 Å². The van der Waals surface area contributed by atoms with Crippen molar-refractivity contribution in [1.82, 2.24) is 0 Å². The normalized spacial score (nSPS) is 14.0. The molecule has 0 saturated heterocycles. The quantitative estimate of drug-likeness (QED) is 0.629. The lowest BCUT2D eigenvalue weighted by atomic mass is 9.88. The second-order valence-electron chi connectivity index (χ2n) is 4.66. The van der Waals surface area contributed by atoms with Gasteiger partial charge in [0, 0.05) is 16.9 Å². The van der Waals surface area contributed by atoms with Crippen LogP contribution in [0.15, 0.2) is 47.4 Å². The largest absolute Gasteiger partial charge is 0.294 e. The van der Waals surface area contributed by atoms with Crippen LogP contribution in [-0.2, 0) is 11.2 Å². The predicted octanol–water partition coefficient (Wildman–Crippen LogP) is 3.14. The van der Waals surface area contributed by atoms with E-state index in [1.165, 1.54) is 0 Å². The number of Topliss-reactive ketones (excluding diaryl/α,β-unsaturated/α-hetero) is 1. The molecule has 0 spiro atoms. The zero-order valence-electron chi connectivity index (χ0n) is 10.3. The Hall–Kier alpha value is -1.37. The van der Waals surface area contributed by atoms with Crippen LogP contribution in [0.5, 0.6) is 0 Å². The Kier molecular flexibility index (Phi) is 3.30. The highest BCUT2D eigenvalue weighted by atomic mass is 32.1. The third-order valence-electron chi connectivity index (χ3n) is 3.30. The van der Waals surface area contributed by atoms with Crippen LogP contribution < -0.4 is 5.30 Å². The number of ketones is 1. The molecule has 0 fully saturated rings. The van der Waals surface area contributed by atoms with Crippen molar-refractivity contribution in [3.8, 4) is 0 Å². The standard InChI is InChI=1S/C16H13OPS/c17-16-9-11-1-4-13(18)7-12(11)8-15(16)10-2-5-14(19)6-3-10/h1-8,19H,9,18H2. The summed E-state index contributed by atoms with van der Waals surface area (Å²) in [6, 6.07) is 13.9. The summed E-state index contributed by atoms with van der Waals surface area (Å²) in [6.07, 6.45) is 2.47. The van der Waals surface area contributed by atoms with Crippen molar-refractivity contribution in [2.45, 2.75) is 11.3 Å². The molecular weight excluding hydrogens is 271 g/mol. The lowest BCUT2D eigenvalue weighted by Gasteiger charge is -2.16. The Bertz CT molecular complexity index is 686. The second kappa shape index (κ2) is 4.96. The van der Waals surface area contributed by atoms with Crippen LogP contribution in [0.1, 0.15) is 16.7 Å². The molecule has 1 aliphatic rings. The topological polar surface area (TPSA) is 17.1 Å². The third kappa shape index (κ3) is 2.51. The van der Waals surface area contributed by atoms with E-state index in [0.717, 1.165) is 32.5 Å². The van der Waals surface area contributed by atoms with E-state index in [4.69, 9.17) is 0 Å². The molecule has 1 unspecified atom stereocenters. The summed E-state index contributed by atoms with van der Waals surface area (Å²) in [4.78, 5) is 13.1. The van der Waals surface area contributed by atoms with Gasteiger partial charge in [-0.2, -0.15) is 0 Å². The van der Waals surface area contributed by atoms with Gasteiger partial charge in [0.15, 0.2) is 5.78 Å². The zero-order chi connectivity index (χ0) is 13.4. The van der Waals surface area contributed by atoms with E-state index in [1.807, 2.05) is 42.5 Å². The lowest BCUT2D eigenvalue weighted by Crippen LogP contribution is -2.12. The minimum atomic E-state index is 0.177. The molecule has 2 aromatic carbocycles. The fourth-order valence-electron chi connectivity index (χ4n) is 2.30. The molecule has 2 aromatic rings. The van der Waals surface area contributed by atoms with Gasteiger partial charge in [-0.3, -0.25) is 4.79 Å².